The van der Waals surface area contributed by atoms with Crippen molar-refractivity contribution in [2.75, 3.05) is 13.2 Å². The van der Waals surface area contributed by atoms with Gasteiger partial charge in [0.2, 0.25) is 0 Å². The molecule has 0 amide bonds. The van der Waals surface area contributed by atoms with Gasteiger partial charge in [0, 0.05) is 12.1 Å². The van der Waals surface area contributed by atoms with Gasteiger partial charge in [-0.2, -0.15) is 0 Å². The van der Waals surface area contributed by atoms with Crippen LogP contribution in [0, 0.1) is 10.1 Å². The normalized spacial score (nSPS) is 21.8. The summed E-state index contributed by atoms with van der Waals surface area (Å²) in [7, 11) is -2.96. The van der Waals surface area contributed by atoms with Gasteiger partial charge in [0.25, 0.3) is 5.69 Å². The van der Waals surface area contributed by atoms with Crippen LogP contribution in [0.25, 0.3) is 0 Å². The summed E-state index contributed by atoms with van der Waals surface area (Å²) >= 11 is 0. The Morgan fingerprint density at radius 3 is 2.94 bits per heavy atom. The van der Waals surface area contributed by atoms with Crippen molar-refractivity contribution in [2.45, 2.75) is 11.0 Å². The van der Waals surface area contributed by atoms with E-state index in [2.05, 4.69) is 5.87 Å². The first-order valence-electron chi connectivity index (χ1n) is 4.87. The molecule has 0 aromatic heterocycles. The fraction of sp³-hybridized carbons (Fsp3) is 0.300. The molecule has 1 aromatic rings. The van der Waals surface area contributed by atoms with Gasteiger partial charge in [0.05, 0.1) is 23.0 Å². The zero-order valence-electron chi connectivity index (χ0n) is 8.90. The minimum atomic E-state index is -2.96. The maximum absolute atomic E-state index is 12.1. The van der Waals surface area contributed by atoms with E-state index in [-0.39, 0.29) is 23.3 Å². The number of nitro benzene ring substituents is 1. The van der Waals surface area contributed by atoms with Gasteiger partial charge in [-0.15, -0.1) is 0 Å². The van der Waals surface area contributed by atoms with E-state index >= 15 is 0 Å². The summed E-state index contributed by atoms with van der Waals surface area (Å²) < 4.78 is 22.1. The Kier molecular flexibility index (Phi) is 3.14. The minimum Gasteiger partial charge on any atom is -0.371 e. The number of non-ortho nitro benzene ring substituents is 1. The first kappa shape index (κ1) is 12.0. The van der Waals surface area contributed by atoms with E-state index < -0.39 is 14.7 Å². The maximum atomic E-state index is 12.1. The van der Waals surface area contributed by atoms with E-state index in [9.17, 15) is 14.3 Å². The number of rotatable bonds is 5. The summed E-state index contributed by atoms with van der Waals surface area (Å²) in [6, 6.07) is 5.48. The molecule has 1 saturated heterocycles. The molecular formula is C10H11NO5S. The largest absolute Gasteiger partial charge is 0.371 e. The van der Waals surface area contributed by atoms with Crippen LogP contribution in [0.3, 0.4) is 0 Å². The van der Waals surface area contributed by atoms with Crippen LogP contribution in [-0.4, -0.2) is 34.3 Å². The number of nitrogens with zero attached hydrogens (tertiary/aromatic N) is 1. The number of nitro groups is 1. The van der Waals surface area contributed by atoms with E-state index in [1.807, 2.05) is 0 Å². The molecule has 1 aliphatic rings. The average molecular weight is 257 g/mol. The van der Waals surface area contributed by atoms with E-state index in [0.29, 0.717) is 6.61 Å². The number of epoxide rings is 1. The van der Waals surface area contributed by atoms with Crippen molar-refractivity contribution in [3.8, 4) is 0 Å². The molecule has 2 rings (SSSR count). The number of hydrogen-bond acceptors (Lipinski definition) is 5. The van der Waals surface area contributed by atoms with Crippen LogP contribution in [0.5, 0.6) is 0 Å². The van der Waals surface area contributed by atoms with Crippen LogP contribution < -0.4 is 0 Å². The van der Waals surface area contributed by atoms with Crippen molar-refractivity contribution in [3.05, 3.63) is 34.4 Å². The highest BCUT2D eigenvalue weighted by molar-refractivity contribution is 7.96. The Hall–Kier alpha value is -1.44. The molecule has 0 aliphatic carbocycles. The van der Waals surface area contributed by atoms with Crippen LogP contribution in [0.15, 0.2) is 29.2 Å². The van der Waals surface area contributed by atoms with Gasteiger partial charge >= 0.3 is 0 Å². The Morgan fingerprint density at radius 1 is 1.65 bits per heavy atom. The van der Waals surface area contributed by atoms with E-state index in [1.54, 1.807) is 0 Å². The highest BCUT2D eigenvalue weighted by Crippen LogP contribution is 2.20. The molecule has 0 bridgehead atoms. The molecular weight excluding hydrogens is 246 g/mol. The van der Waals surface area contributed by atoms with Crippen LogP contribution in [-0.2, 0) is 18.7 Å². The van der Waals surface area contributed by atoms with Crippen molar-refractivity contribution < 1.29 is 18.1 Å². The van der Waals surface area contributed by atoms with E-state index in [4.69, 9.17) is 8.92 Å². The van der Waals surface area contributed by atoms with E-state index in [1.165, 1.54) is 24.3 Å². The van der Waals surface area contributed by atoms with Gasteiger partial charge in [-0.25, -0.2) is 4.21 Å². The smallest absolute Gasteiger partial charge is 0.270 e. The molecule has 1 aliphatic heterocycles. The van der Waals surface area contributed by atoms with Gasteiger partial charge in [0.1, 0.15) is 15.9 Å². The molecule has 0 radical (unpaired) electrons. The molecule has 2 atom stereocenters. The van der Waals surface area contributed by atoms with Crippen molar-refractivity contribution in [3.63, 3.8) is 0 Å². The predicted octanol–water partition coefficient (Wildman–Crippen LogP) is 1.00. The van der Waals surface area contributed by atoms with Crippen molar-refractivity contribution >= 4 is 21.4 Å². The summed E-state index contributed by atoms with van der Waals surface area (Å²) in [5, 5.41) is 10.6. The quantitative estimate of drug-likeness (QED) is 0.340. The average Bonchev–Trinajstić information content (AvgIpc) is 3.10. The lowest BCUT2D eigenvalue weighted by atomic mass is 10.3. The summed E-state index contributed by atoms with van der Waals surface area (Å²) in [4.78, 5) is 10.3. The molecule has 92 valence electrons. The minimum absolute atomic E-state index is 0.0312. The molecule has 6 nitrogen and oxygen atoms in total. The summed E-state index contributed by atoms with van der Waals surface area (Å²) in [6.07, 6.45) is -0.0312. The molecule has 7 heteroatoms. The molecule has 0 N–H and O–H groups in total. The second-order valence-electron chi connectivity index (χ2n) is 3.61. The standard InChI is InChI=1S/C10H11NO5S/c1-17(14,16-7-9-6-15-9)10-4-2-3-8(5-10)11(12)13/h2-5,9H,1,6-7H2. The first-order valence-corrected chi connectivity index (χ1v) is 6.52. The maximum Gasteiger partial charge on any atom is 0.270 e. The molecule has 17 heavy (non-hydrogen) atoms. The molecule has 0 saturated carbocycles. The lowest BCUT2D eigenvalue weighted by Crippen LogP contribution is -2.10. The fourth-order valence-electron chi connectivity index (χ4n) is 1.21. The Morgan fingerprint density at radius 2 is 2.35 bits per heavy atom. The SMILES string of the molecule is C=S(=O)(OCC1CO1)c1cccc([N+](=O)[O-])c1. The second kappa shape index (κ2) is 4.44. The van der Waals surface area contributed by atoms with E-state index in [0.717, 1.165) is 0 Å². The van der Waals surface area contributed by atoms with Gasteiger partial charge in [-0.05, 0) is 11.9 Å². The summed E-state index contributed by atoms with van der Waals surface area (Å²) in [6.45, 7) is 0.773. The van der Waals surface area contributed by atoms with Crippen molar-refractivity contribution in [1.29, 1.82) is 0 Å². The predicted molar refractivity (Wildman–Crippen MR) is 62.3 cm³/mol. The summed E-state index contributed by atoms with van der Waals surface area (Å²) in [5.74, 6) is 3.47. The zero-order chi connectivity index (χ0) is 12.5. The van der Waals surface area contributed by atoms with Crippen LogP contribution >= 0.6 is 0 Å². The van der Waals surface area contributed by atoms with Crippen LogP contribution in [0.1, 0.15) is 0 Å². The fourth-order valence-corrected chi connectivity index (χ4v) is 2.30. The van der Waals surface area contributed by atoms with Gasteiger partial charge in [-0.1, -0.05) is 6.07 Å². The molecule has 1 aromatic carbocycles. The highest BCUT2D eigenvalue weighted by Gasteiger charge is 2.25. The van der Waals surface area contributed by atoms with Crippen molar-refractivity contribution in [1.82, 2.24) is 0 Å². The number of hydrogen-bond donors (Lipinski definition) is 0. The van der Waals surface area contributed by atoms with Crippen molar-refractivity contribution in [2.24, 2.45) is 0 Å². The lowest BCUT2D eigenvalue weighted by Gasteiger charge is -2.08. The number of ether oxygens (including phenoxy) is 1. The third kappa shape index (κ3) is 3.02. The second-order valence-corrected chi connectivity index (χ2v) is 5.55. The first-order chi connectivity index (χ1) is 7.99. The van der Waals surface area contributed by atoms with Crippen LogP contribution in [0.4, 0.5) is 5.69 Å². The lowest BCUT2D eigenvalue weighted by molar-refractivity contribution is -0.385. The molecule has 2 unspecified atom stereocenters. The monoisotopic (exact) mass is 257 g/mol. The Labute approximate surface area is 98.5 Å². The third-order valence-electron chi connectivity index (χ3n) is 2.23. The van der Waals surface area contributed by atoms with Gasteiger partial charge in [-0.3, -0.25) is 14.3 Å². The molecule has 1 heterocycles. The topological polar surface area (TPSA) is 82.0 Å². The van der Waals surface area contributed by atoms with Crippen LogP contribution in [0.2, 0.25) is 0 Å². The highest BCUT2D eigenvalue weighted by atomic mass is 32.2. The zero-order valence-corrected chi connectivity index (χ0v) is 9.72. The molecule has 1 fully saturated rings. The van der Waals surface area contributed by atoms with Gasteiger partial charge < -0.3 is 4.74 Å². The summed E-state index contributed by atoms with van der Waals surface area (Å²) in [5.41, 5.74) is -0.134. The Balaban J connectivity index is 2.19. The number of benzene rings is 1. The third-order valence-corrected chi connectivity index (χ3v) is 3.72. The Bertz CT molecular complexity index is 535. The molecule has 0 spiro atoms. The van der Waals surface area contributed by atoms with Gasteiger partial charge in [0.15, 0.2) is 0 Å².